The summed E-state index contributed by atoms with van der Waals surface area (Å²) < 4.78 is 19.6. The number of fused-ring (bicyclic) bond motifs is 1. The normalized spacial score (nSPS) is 20.6. The smallest absolute Gasteiger partial charge is 0.131 e. The van der Waals surface area contributed by atoms with Gasteiger partial charge in [-0.2, -0.15) is 0 Å². The van der Waals surface area contributed by atoms with Gasteiger partial charge in [-0.25, -0.2) is 4.39 Å². The number of rotatable bonds is 4. The maximum Gasteiger partial charge on any atom is 0.131 e. The molecule has 2 atom stereocenters. The highest BCUT2D eigenvalue weighted by atomic mass is 35.5. The van der Waals surface area contributed by atoms with Crippen LogP contribution in [0.1, 0.15) is 43.0 Å². The molecule has 0 saturated carbocycles. The lowest BCUT2D eigenvalue weighted by atomic mass is 9.97. The fourth-order valence-electron chi connectivity index (χ4n) is 3.08. The lowest BCUT2D eigenvalue weighted by Gasteiger charge is -2.23. The minimum absolute atomic E-state index is 0.0963. The van der Waals surface area contributed by atoms with Gasteiger partial charge in [-0.3, -0.25) is 0 Å². The molecular weight excluding hydrogens is 287 g/mol. The first-order valence-corrected chi connectivity index (χ1v) is 8.12. The van der Waals surface area contributed by atoms with E-state index in [-0.39, 0.29) is 11.2 Å². The van der Waals surface area contributed by atoms with Crippen LogP contribution >= 0.6 is 11.6 Å². The Labute approximate surface area is 130 Å². The van der Waals surface area contributed by atoms with Crippen LogP contribution in [-0.4, -0.2) is 12.7 Å². The van der Waals surface area contributed by atoms with E-state index in [1.807, 2.05) is 30.3 Å². The predicted molar refractivity (Wildman–Crippen MR) is 85.3 cm³/mol. The van der Waals surface area contributed by atoms with Crippen molar-refractivity contribution < 1.29 is 9.13 Å². The molecule has 2 aromatic rings. The first-order chi connectivity index (χ1) is 10.3. The van der Waals surface area contributed by atoms with Gasteiger partial charge in [0.25, 0.3) is 0 Å². The van der Waals surface area contributed by atoms with E-state index in [4.69, 9.17) is 16.3 Å². The Morgan fingerprint density at radius 1 is 1.14 bits per heavy atom. The summed E-state index contributed by atoms with van der Waals surface area (Å²) in [5.74, 6) is -0.186. The first-order valence-electron chi connectivity index (χ1n) is 7.68. The second-order valence-corrected chi connectivity index (χ2v) is 6.24. The third-order valence-electron chi connectivity index (χ3n) is 4.26. The van der Waals surface area contributed by atoms with E-state index >= 15 is 0 Å². The summed E-state index contributed by atoms with van der Waals surface area (Å²) in [7, 11) is 0. The number of hydrogen-bond donors (Lipinski definition) is 0. The van der Waals surface area contributed by atoms with Gasteiger partial charge < -0.3 is 4.74 Å². The minimum Gasteiger partial charge on any atom is -0.378 e. The van der Waals surface area contributed by atoms with Crippen LogP contribution < -0.4 is 0 Å². The lowest BCUT2D eigenvalue weighted by Crippen LogP contribution is -2.19. The average molecular weight is 307 g/mol. The Morgan fingerprint density at radius 2 is 1.95 bits per heavy atom. The molecule has 3 rings (SSSR count). The van der Waals surface area contributed by atoms with Crippen LogP contribution in [0.5, 0.6) is 0 Å². The average Bonchev–Trinajstić information content (AvgIpc) is 2.54. The molecule has 112 valence electrons. The van der Waals surface area contributed by atoms with Crippen LogP contribution in [0.2, 0.25) is 0 Å². The molecule has 2 aromatic carbocycles. The Kier molecular flexibility index (Phi) is 4.77. The van der Waals surface area contributed by atoms with Crippen LogP contribution in [0.15, 0.2) is 36.4 Å². The molecule has 1 fully saturated rings. The van der Waals surface area contributed by atoms with E-state index < -0.39 is 0 Å². The van der Waals surface area contributed by atoms with Crippen molar-refractivity contribution in [1.82, 2.24) is 0 Å². The molecule has 0 aliphatic carbocycles. The van der Waals surface area contributed by atoms with Crippen molar-refractivity contribution in [2.45, 2.75) is 43.6 Å². The summed E-state index contributed by atoms with van der Waals surface area (Å²) in [5, 5.41) is 1.47. The molecule has 0 radical (unpaired) electrons. The number of ether oxygens (including phenoxy) is 1. The number of halogens is 2. The second kappa shape index (κ2) is 6.76. The molecule has 1 aliphatic heterocycles. The summed E-state index contributed by atoms with van der Waals surface area (Å²) in [6, 6.07) is 10.9. The van der Waals surface area contributed by atoms with Gasteiger partial charge >= 0.3 is 0 Å². The Balaban J connectivity index is 1.75. The third kappa shape index (κ3) is 3.38. The Hall–Kier alpha value is -1.12. The molecule has 1 aliphatic rings. The Bertz CT molecular complexity index is 607. The van der Waals surface area contributed by atoms with Crippen LogP contribution in [0.3, 0.4) is 0 Å². The zero-order valence-corrected chi connectivity index (χ0v) is 12.8. The van der Waals surface area contributed by atoms with Gasteiger partial charge in [-0.1, -0.05) is 30.3 Å². The molecule has 21 heavy (non-hydrogen) atoms. The monoisotopic (exact) mass is 306 g/mol. The number of hydrogen-bond acceptors (Lipinski definition) is 1. The van der Waals surface area contributed by atoms with E-state index in [0.717, 1.165) is 36.8 Å². The van der Waals surface area contributed by atoms with Gasteiger partial charge in [0, 0.05) is 12.0 Å². The molecule has 0 spiro atoms. The molecule has 0 N–H and O–H groups in total. The topological polar surface area (TPSA) is 9.23 Å². The van der Waals surface area contributed by atoms with Gasteiger partial charge in [0.1, 0.15) is 5.82 Å². The van der Waals surface area contributed by atoms with Gasteiger partial charge in [0.2, 0.25) is 0 Å². The molecule has 0 aromatic heterocycles. The standard InChI is InChI=1S/C18H20ClFO/c19-17(10-8-13-5-3-4-12-21-13)15-9-11-18(20)16-7-2-1-6-14(15)16/h1-2,6-7,9,11,13,17H,3-5,8,10,12H2. The molecule has 1 nitrogen and oxygen atoms in total. The van der Waals surface area contributed by atoms with Crippen LogP contribution in [0, 0.1) is 5.82 Å². The van der Waals surface area contributed by atoms with Crippen molar-refractivity contribution >= 4 is 22.4 Å². The first kappa shape index (κ1) is 14.8. The SMILES string of the molecule is Fc1ccc(C(Cl)CCC2CCCCO2)c2ccccc12. The van der Waals surface area contributed by atoms with Crippen molar-refractivity contribution in [1.29, 1.82) is 0 Å². The minimum atomic E-state index is -0.186. The van der Waals surface area contributed by atoms with E-state index in [1.165, 1.54) is 18.9 Å². The van der Waals surface area contributed by atoms with Crippen molar-refractivity contribution in [3.05, 3.63) is 47.8 Å². The highest BCUT2D eigenvalue weighted by Crippen LogP contribution is 2.34. The summed E-state index contributed by atoms with van der Waals surface area (Å²) in [5.41, 5.74) is 1.02. The highest BCUT2D eigenvalue weighted by molar-refractivity contribution is 6.21. The number of alkyl halides is 1. The van der Waals surface area contributed by atoms with Crippen LogP contribution in [-0.2, 0) is 4.74 Å². The maximum absolute atomic E-state index is 13.8. The van der Waals surface area contributed by atoms with Gasteiger partial charge in [0.15, 0.2) is 0 Å². The second-order valence-electron chi connectivity index (χ2n) is 5.72. The molecule has 3 heteroatoms. The number of benzene rings is 2. The molecule has 2 unspecified atom stereocenters. The summed E-state index contributed by atoms with van der Waals surface area (Å²) in [6.07, 6.45) is 5.72. The van der Waals surface area contributed by atoms with Crippen molar-refractivity contribution in [3.8, 4) is 0 Å². The van der Waals surface area contributed by atoms with E-state index in [9.17, 15) is 4.39 Å². The fourth-order valence-corrected chi connectivity index (χ4v) is 3.40. The predicted octanol–water partition coefficient (Wildman–Crippen LogP) is 5.61. The molecule has 1 heterocycles. The summed E-state index contributed by atoms with van der Waals surface area (Å²) in [6.45, 7) is 0.872. The largest absolute Gasteiger partial charge is 0.378 e. The Morgan fingerprint density at radius 3 is 2.71 bits per heavy atom. The fraction of sp³-hybridized carbons (Fsp3) is 0.444. The van der Waals surface area contributed by atoms with Crippen molar-refractivity contribution in [3.63, 3.8) is 0 Å². The van der Waals surface area contributed by atoms with E-state index in [2.05, 4.69) is 0 Å². The van der Waals surface area contributed by atoms with Crippen molar-refractivity contribution in [2.75, 3.05) is 6.61 Å². The summed E-state index contributed by atoms with van der Waals surface area (Å²) in [4.78, 5) is 0. The zero-order valence-electron chi connectivity index (χ0n) is 12.0. The maximum atomic E-state index is 13.8. The van der Waals surface area contributed by atoms with Crippen LogP contribution in [0.4, 0.5) is 4.39 Å². The van der Waals surface area contributed by atoms with E-state index in [0.29, 0.717) is 11.5 Å². The van der Waals surface area contributed by atoms with Gasteiger partial charge in [-0.15, -0.1) is 11.6 Å². The van der Waals surface area contributed by atoms with Gasteiger partial charge in [-0.05, 0) is 49.1 Å². The van der Waals surface area contributed by atoms with E-state index in [1.54, 1.807) is 0 Å². The quantitative estimate of drug-likeness (QED) is 0.667. The van der Waals surface area contributed by atoms with Crippen molar-refractivity contribution in [2.24, 2.45) is 0 Å². The molecule has 0 bridgehead atoms. The molecule has 1 saturated heterocycles. The third-order valence-corrected chi connectivity index (χ3v) is 4.71. The van der Waals surface area contributed by atoms with Gasteiger partial charge in [0.05, 0.1) is 11.5 Å². The summed E-state index contributed by atoms with van der Waals surface area (Å²) >= 11 is 6.58. The van der Waals surface area contributed by atoms with Crippen LogP contribution in [0.25, 0.3) is 10.8 Å². The zero-order chi connectivity index (χ0) is 14.7. The highest BCUT2D eigenvalue weighted by Gasteiger charge is 2.18. The molecule has 0 amide bonds. The lowest BCUT2D eigenvalue weighted by molar-refractivity contribution is 0.0100. The molecular formula is C18H20ClFO.